The molecule has 1 heterocycles. The second-order valence-electron chi connectivity index (χ2n) is 2.43. The SMILES string of the molecule is N#CCc1cnc(C(F)F)c(I)c1Cl. The molecule has 2 nitrogen and oxygen atoms in total. The van der Waals surface area contributed by atoms with Crippen molar-refractivity contribution in [2.24, 2.45) is 0 Å². The summed E-state index contributed by atoms with van der Waals surface area (Å²) >= 11 is 7.49. The Morgan fingerprint density at radius 2 is 2.29 bits per heavy atom. The molecule has 0 fully saturated rings. The first-order valence-corrected chi connectivity index (χ1v) is 5.01. The molecule has 1 aromatic rings. The summed E-state index contributed by atoms with van der Waals surface area (Å²) in [6, 6.07) is 1.89. The van der Waals surface area contributed by atoms with Gasteiger partial charge in [0.15, 0.2) is 0 Å². The van der Waals surface area contributed by atoms with Gasteiger partial charge < -0.3 is 0 Å². The number of nitrogens with zero attached hydrogens (tertiary/aromatic N) is 2. The summed E-state index contributed by atoms with van der Waals surface area (Å²) in [5.74, 6) is 0. The Bertz CT molecular complexity index is 390. The third-order valence-corrected chi connectivity index (χ3v) is 3.38. The first-order valence-electron chi connectivity index (χ1n) is 3.55. The molecule has 1 aromatic heterocycles. The van der Waals surface area contributed by atoms with Crippen LogP contribution in [0, 0.1) is 14.9 Å². The Labute approximate surface area is 98.0 Å². The number of hydrogen-bond acceptors (Lipinski definition) is 2. The molecule has 6 heteroatoms. The van der Waals surface area contributed by atoms with Crippen LogP contribution < -0.4 is 0 Å². The van der Waals surface area contributed by atoms with Gasteiger partial charge in [0.1, 0.15) is 5.69 Å². The maximum Gasteiger partial charge on any atom is 0.281 e. The number of halogens is 4. The maximum atomic E-state index is 12.3. The van der Waals surface area contributed by atoms with Gasteiger partial charge in [-0.3, -0.25) is 4.98 Å². The summed E-state index contributed by atoms with van der Waals surface area (Å²) in [6.45, 7) is 0. The summed E-state index contributed by atoms with van der Waals surface area (Å²) in [4.78, 5) is 3.56. The van der Waals surface area contributed by atoms with E-state index < -0.39 is 6.43 Å². The van der Waals surface area contributed by atoms with Crippen molar-refractivity contribution in [3.05, 3.63) is 26.0 Å². The number of pyridine rings is 1. The highest BCUT2D eigenvalue weighted by Crippen LogP contribution is 2.30. The van der Waals surface area contributed by atoms with E-state index in [-0.39, 0.29) is 20.7 Å². The van der Waals surface area contributed by atoms with E-state index in [4.69, 9.17) is 16.9 Å². The number of hydrogen-bond donors (Lipinski definition) is 0. The zero-order chi connectivity index (χ0) is 10.7. The van der Waals surface area contributed by atoms with Crippen LogP contribution in [-0.4, -0.2) is 4.98 Å². The van der Waals surface area contributed by atoms with Gasteiger partial charge in [-0.2, -0.15) is 5.26 Å². The fourth-order valence-electron chi connectivity index (χ4n) is 0.875. The van der Waals surface area contributed by atoms with Gasteiger partial charge in [-0.25, -0.2) is 8.78 Å². The summed E-state index contributed by atoms with van der Waals surface area (Å²) < 4.78 is 24.9. The van der Waals surface area contributed by atoms with Crippen LogP contribution in [0.15, 0.2) is 6.20 Å². The molecule has 0 saturated carbocycles. The topological polar surface area (TPSA) is 36.7 Å². The predicted molar refractivity (Wildman–Crippen MR) is 56.2 cm³/mol. The Morgan fingerprint density at radius 3 is 2.79 bits per heavy atom. The Kier molecular flexibility index (Phi) is 4.01. The van der Waals surface area contributed by atoms with Crippen LogP contribution in [0.1, 0.15) is 17.7 Å². The maximum absolute atomic E-state index is 12.3. The van der Waals surface area contributed by atoms with Crippen LogP contribution >= 0.6 is 34.2 Å². The van der Waals surface area contributed by atoms with E-state index in [0.717, 1.165) is 0 Å². The summed E-state index contributed by atoms with van der Waals surface area (Å²) in [7, 11) is 0. The van der Waals surface area contributed by atoms with E-state index in [1.165, 1.54) is 6.20 Å². The molecule has 0 atom stereocenters. The fraction of sp³-hybridized carbons (Fsp3) is 0.250. The smallest absolute Gasteiger partial charge is 0.254 e. The monoisotopic (exact) mass is 328 g/mol. The van der Waals surface area contributed by atoms with Crippen molar-refractivity contribution in [1.82, 2.24) is 4.98 Å². The largest absolute Gasteiger partial charge is 0.281 e. The Morgan fingerprint density at radius 1 is 1.64 bits per heavy atom. The average Bonchev–Trinajstić information content (AvgIpc) is 2.13. The molecule has 0 N–H and O–H groups in total. The highest BCUT2D eigenvalue weighted by atomic mass is 127. The van der Waals surface area contributed by atoms with Crippen molar-refractivity contribution < 1.29 is 8.78 Å². The molecule has 0 saturated heterocycles. The first-order chi connectivity index (χ1) is 6.57. The molecule has 0 spiro atoms. The van der Waals surface area contributed by atoms with E-state index in [2.05, 4.69) is 4.98 Å². The zero-order valence-corrected chi connectivity index (χ0v) is 9.68. The molecule has 0 unspecified atom stereocenters. The van der Waals surface area contributed by atoms with Crippen molar-refractivity contribution in [2.75, 3.05) is 0 Å². The van der Waals surface area contributed by atoms with E-state index in [9.17, 15) is 8.78 Å². The molecule has 0 radical (unpaired) electrons. The normalized spacial score (nSPS) is 10.3. The van der Waals surface area contributed by atoms with Gasteiger partial charge in [0, 0.05) is 11.8 Å². The van der Waals surface area contributed by atoms with E-state index in [1.54, 1.807) is 22.6 Å². The Hall–Kier alpha value is -0.480. The molecule has 0 aromatic carbocycles. The zero-order valence-electron chi connectivity index (χ0n) is 6.77. The van der Waals surface area contributed by atoms with Gasteiger partial charge in [0.25, 0.3) is 6.43 Å². The van der Waals surface area contributed by atoms with Crippen LogP contribution in [-0.2, 0) is 6.42 Å². The molecular formula is C8H4ClF2IN2. The van der Waals surface area contributed by atoms with Crippen LogP contribution in [0.25, 0.3) is 0 Å². The predicted octanol–water partition coefficient (Wildman–Crippen LogP) is 3.34. The second kappa shape index (κ2) is 4.84. The minimum absolute atomic E-state index is 0.0748. The lowest BCUT2D eigenvalue weighted by Gasteiger charge is -2.06. The number of rotatable bonds is 2. The van der Waals surface area contributed by atoms with Crippen molar-refractivity contribution in [2.45, 2.75) is 12.8 Å². The molecule has 0 amide bonds. The van der Waals surface area contributed by atoms with E-state index in [1.807, 2.05) is 6.07 Å². The lowest BCUT2D eigenvalue weighted by molar-refractivity contribution is 0.145. The van der Waals surface area contributed by atoms with Crippen LogP contribution in [0.4, 0.5) is 8.78 Å². The van der Waals surface area contributed by atoms with Crippen molar-refractivity contribution in [1.29, 1.82) is 5.26 Å². The molecule has 0 aliphatic heterocycles. The van der Waals surface area contributed by atoms with Crippen LogP contribution in [0.2, 0.25) is 5.02 Å². The highest BCUT2D eigenvalue weighted by Gasteiger charge is 2.17. The van der Waals surface area contributed by atoms with Crippen molar-refractivity contribution in [3.63, 3.8) is 0 Å². The van der Waals surface area contributed by atoms with Gasteiger partial charge in [-0.05, 0) is 22.6 Å². The standard InChI is InChI=1S/C8H4ClF2IN2/c9-5-4(1-2-13)3-14-7(6(5)12)8(10)11/h3,8H,1H2. The van der Waals surface area contributed by atoms with E-state index in [0.29, 0.717) is 5.56 Å². The fourth-order valence-corrected chi connectivity index (χ4v) is 1.81. The minimum atomic E-state index is -2.64. The molecular weight excluding hydrogens is 324 g/mol. The van der Waals surface area contributed by atoms with Gasteiger partial charge in [-0.1, -0.05) is 11.6 Å². The van der Waals surface area contributed by atoms with Crippen LogP contribution in [0.5, 0.6) is 0 Å². The molecule has 1 rings (SSSR count). The number of aromatic nitrogens is 1. The molecule has 74 valence electrons. The summed E-state index contributed by atoms with van der Waals surface area (Å²) in [6.07, 6.45) is -1.35. The third kappa shape index (κ3) is 2.30. The van der Waals surface area contributed by atoms with Crippen LogP contribution in [0.3, 0.4) is 0 Å². The average molecular weight is 328 g/mol. The quantitative estimate of drug-likeness (QED) is 0.781. The molecule has 0 aliphatic carbocycles. The van der Waals surface area contributed by atoms with Crippen molar-refractivity contribution in [3.8, 4) is 6.07 Å². The molecule has 14 heavy (non-hydrogen) atoms. The van der Waals surface area contributed by atoms with Crippen molar-refractivity contribution >= 4 is 34.2 Å². The van der Waals surface area contributed by atoms with Gasteiger partial charge in [-0.15, -0.1) is 0 Å². The second-order valence-corrected chi connectivity index (χ2v) is 3.89. The summed E-state index contributed by atoms with van der Waals surface area (Å²) in [5.41, 5.74) is 0.139. The highest BCUT2D eigenvalue weighted by molar-refractivity contribution is 14.1. The molecule has 0 bridgehead atoms. The van der Waals surface area contributed by atoms with E-state index >= 15 is 0 Å². The molecule has 0 aliphatic rings. The number of nitriles is 1. The lowest BCUT2D eigenvalue weighted by Crippen LogP contribution is -1.98. The summed E-state index contributed by atoms with van der Waals surface area (Å²) in [5, 5.41) is 8.62. The lowest BCUT2D eigenvalue weighted by atomic mass is 10.2. The van der Waals surface area contributed by atoms with Gasteiger partial charge in [0.2, 0.25) is 0 Å². The first kappa shape index (κ1) is 11.6. The Balaban J connectivity index is 3.20. The minimum Gasteiger partial charge on any atom is -0.254 e. The van der Waals surface area contributed by atoms with Gasteiger partial charge in [0.05, 0.1) is 21.1 Å². The van der Waals surface area contributed by atoms with Gasteiger partial charge >= 0.3 is 0 Å². The third-order valence-electron chi connectivity index (χ3n) is 1.54. The number of alkyl halides is 2.